The average molecular weight is 276 g/mol. The minimum absolute atomic E-state index is 0.0131. The van der Waals surface area contributed by atoms with E-state index < -0.39 is 0 Å². The molecule has 5 heteroatoms. The maximum Gasteiger partial charge on any atom is 0.321 e. The summed E-state index contributed by atoms with van der Waals surface area (Å²) in [6.45, 7) is 3.54. The molecule has 0 radical (unpaired) electrons. The third kappa shape index (κ3) is 3.49. The summed E-state index contributed by atoms with van der Waals surface area (Å²) in [6, 6.07) is 8.15. The highest BCUT2D eigenvalue weighted by atomic mass is 16.2. The van der Waals surface area contributed by atoms with Crippen molar-refractivity contribution in [2.75, 3.05) is 32.5 Å². The number of nitrogens with two attached hydrogens (primary N) is 1. The molecule has 0 spiro atoms. The van der Waals surface area contributed by atoms with E-state index in [-0.39, 0.29) is 12.1 Å². The summed E-state index contributed by atoms with van der Waals surface area (Å²) in [5.74, 6) is 0. The molecule has 110 valence electrons. The van der Waals surface area contributed by atoms with Gasteiger partial charge in [0.05, 0.1) is 0 Å². The van der Waals surface area contributed by atoms with E-state index in [1.807, 2.05) is 36.1 Å². The van der Waals surface area contributed by atoms with Crippen molar-refractivity contribution in [1.29, 1.82) is 0 Å². The molecule has 1 fully saturated rings. The summed E-state index contributed by atoms with van der Waals surface area (Å²) < 4.78 is 0. The first-order chi connectivity index (χ1) is 9.47. The number of amides is 2. The Bertz CT molecular complexity index is 455. The molecule has 2 unspecified atom stereocenters. The fraction of sp³-hybridized carbons (Fsp3) is 0.533. The molecule has 0 bridgehead atoms. The van der Waals surface area contributed by atoms with Gasteiger partial charge in [-0.15, -0.1) is 0 Å². The van der Waals surface area contributed by atoms with E-state index >= 15 is 0 Å². The van der Waals surface area contributed by atoms with Crippen molar-refractivity contribution in [2.45, 2.75) is 25.4 Å². The first-order valence-corrected chi connectivity index (χ1v) is 7.05. The van der Waals surface area contributed by atoms with Crippen molar-refractivity contribution in [2.24, 2.45) is 5.73 Å². The zero-order valence-electron chi connectivity index (χ0n) is 12.5. The van der Waals surface area contributed by atoms with E-state index in [0.717, 1.165) is 30.8 Å². The normalized spacial score (nSPS) is 20.2. The number of anilines is 1. The Hall–Kier alpha value is -1.59. The van der Waals surface area contributed by atoms with Crippen LogP contribution < -0.4 is 11.1 Å². The van der Waals surface area contributed by atoms with Crippen molar-refractivity contribution in [3.05, 3.63) is 29.8 Å². The predicted octanol–water partition coefficient (Wildman–Crippen LogP) is 1.87. The predicted molar refractivity (Wildman–Crippen MR) is 81.7 cm³/mol. The number of hydrogen-bond acceptors (Lipinski definition) is 3. The Kier molecular flexibility index (Phi) is 4.62. The number of likely N-dealkylation sites (N-methyl/N-ethyl adjacent to an activating group) is 1. The molecule has 1 saturated heterocycles. The molecule has 0 aromatic heterocycles. The molecule has 2 rings (SSSR count). The van der Waals surface area contributed by atoms with Crippen LogP contribution in [0.25, 0.3) is 0 Å². The highest BCUT2D eigenvalue weighted by Crippen LogP contribution is 2.17. The third-order valence-electron chi connectivity index (χ3n) is 3.87. The van der Waals surface area contributed by atoms with Crippen LogP contribution in [0.15, 0.2) is 24.3 Å². The van der Waals surface area contributed by atoms with E-state index in [1.165, 1.54) is 0 Å². The first kappa shape index (κ1) is 14.8. The molecule has 1 aromatic rings. The first-order valence-electron chi connectivity index (χ1n) is 7.05. The highest BCUT2D eigenvalue weighted by Gasteiger charge is 2.27. The average Bonchev–Trinajstić information content (AvgIpc) is 2.89. The molecular formula is C15H24N4O. The van der Waals surface area contributed by atoms with Crippen LogP contribution in [0.3, 0.4) is 0 Å². The number of benzene rings is 1. The van der Waals surface area contributed by atoms with Crippen LogP contribution in [-0.4, -0.2) is 49.1 Å². The van der Waals surface area contributed by atoms with Gasteiger partial charge in [-0.05, 0) is 45.1 Å². The van der Waals surface area contributed by atoms with Crippen molar-refractivity contribution in [1.82, 2.24) is 9.80 Å². The van der Waals surface area contributed by atoms with Crippen LogP contribution in [0.5, 0.6) is 0 Å². The van der Waals surface area contributed by atoms with Gasteiger partial charge in [0.25, 0.3) is 0 Å². The molecular weight excluding hydrogens is 252 g/mol. The summed E-state index contributed by atoms with van der Waals surface area (Å²) in [4.78, 5) is 16.2. The fourth-order valence-electron chi connectivity index (χ4n) is 2.42. The molecule has 5 nitrogen and oxygen atoms in total. The van der Waals surface area contributed by atoms with Crippen LogP contribution >= 0.6 is 0 Å². The smallest absolute Gasteiger partial charge is 0.321 e. The summed E-state index contributed by atoms with van der Waals surface area (Å²) >= 11 is 0. The Balaban J connectivity index is 1.92. The number of likely N-dealkylation sites (tertiary alicyclic amines) is 1. The van der Waals surface area contributed by atoms with E-state index in [0.29, 0.717) is 6.04 Å². The van der Waals surface area contributed by atoms with Crippen LogP contribution in [0.4, 0.5) is 10.5 Å². The molecule has 1 aliphatic heterocycles. The summed E-state index contributed by atoms with van der Waals surface area (Å²) in [5, 5.41) is 2.94. The lowest BCUT2D eigenvalue weighted by Gasteiger charge is -2.20. The Morgan fingerprint density at radius 1 is 1.40 bits per heavy atom. The van der Waals surface area contributed by atoms with Crippen molar-refractivity contribution in [3.8, 4) is 0 Å². The number of nitrogens with one attached hydrogen (secondary N) is 1. The van der Waals surface area contributed by atoms with Gasteiger partial charge >= 0.3 is 6.03 Å². The topological polar surface area (TPSA) is 61.6 Å². The SMILES string of the molecule is CC(N)c1ccc(NC(=O)N2CCC(N(C)C)C2)cc1. The third-order valence-corrected chi connectivity index (χ3v) is 3.87. The standard InChI is InChI=1S/C15H24N4O/c1-11(16)12-4-6-13(7-5-12)17-15(20)19-9-8-14(10-19)18(2)3/h4-7,11,14H,8-10,16H2,1-3H3,(H,17,20). The highest BCUT2D eigenvalue weighted by molar-refractivity contribution is 5.89. The molecule has 1 heterocycles. The van der Waals surface area contributed by atoms with Crippen LogP contribution in [0.2, 0.25) is 0 Å². The number of urea groups is 1. The van der Waals surface area contributed by atoms with Gasteiger partial charge in [0.15, 0.2) is 0 Å². The quantitative estimate of drug-likeness (QED) is 0.886. The van der Waals surface area contributed by atoms with E-state index in [9.17, 15) is 4.79 Å². The zero-order chi connectivity index (χ0) is 14.7. The molecule has 2 atom stereocenters. The lowest BCUT2D eigenvalue weighted by atomic mass is 10.1. The van der Waals surface area contributed by atoms with E-state index in [1.54, 1.807) is 0 Å². The largest absolute Gasteiger partial charge is 0.324 e. The number of rotatable bonds is 3. The molecule has 20 heavy (non-hydrogen) atoms. The molecule has 1 aliphatic rings. The van der Waals surface area contributed by atoms with E-state index in [2.05, 4.69) is 24.3 Å². The number of carbonyl (C=O) groups excluding carboxylic acids is 1. The molecule has 0 aliphatic carbocycles. The molecule has 1 aromatic carbocycles. The summed E-state index contributed by atoms with van der Waals surface area (Å²) in [5.41, 5.74) is 7.69. The fourth-order valence-corrected chi connectivity index (χ4v) is 2.42. The Labute approximate surface area is 120 Å². The van der Waals surface area contributed by atoms with Gasteiger partial charge in [0.2, 0.25) is 0 Å². The Morgan fingerprint density at radius 2 is 2.05 bits per heavy atom. The van der Waals surface area contributed by atoms with Crippen molar-refractivity contribution >= 4 is 11.7 Å². The molecule has 3 N–H and O–H groups in total. The Morgan fingerprint density at radius 3 is 2.55 bits per heavy atom. The number of nitrogens with zero attached hydrogens (tertiary/aromatic N) is 2. The van der Waals surface area contributed by atoms with Crippen molar-refractivity contribution in [3.63, 3.8) is 0 Å². The molecule has 0 saturated carbocycles. The number of hydrogen-bond donors (Lipinski definition) is 2. The second-order valence-corrected chi connectivity index (χ2v) is 5.69. The maximum atomic E-state index is 12.2. The van der Waals surface area contributed by atoms with Gasteiger partial charge in [0.1, 0.15) is 0 Å². The van der Waals surface area contributed by atoms with Gasteiger partial charge in [-0.1, -0.05) is 12.1 Å². The molecule has 2 amide bonds. The van der Waals surface area contributed by atoms with Gasteiger partial charge < -0.3 is 20.9 Å². The maximum absolute atomic E-state index is 12.2. The van der Waals surface area contributed by atoms with Crippen LogP contribution in [0.1, 0.15) is 24.9 Å². The monoisotopic (exact) mass is 276 g/mol. The van der Waals surface area contributed by atoms with Gasteiger partial charge in [-0.3, -0.25) is 0 Å². The minimum atomic E-state index is -0.0251. The van der Waals surface area contributed by atoms with Crippen LogP contribution in [0, 0.1) is 0 Å². The summed E-state index contributed by atoms with van der Waals surface area (Å²) in [7, 11) is 4.11. The second kappa shape index (κ2) is 6.24. The lowest BCUT2D eigenvalue weighted by molar-refractivity contribution is 0.216. The van der Waals surface area contributed by atoms with Crippen LogP contribution in [-0.2, 0) is 0 Å². The second-order valence-electron chi connectivity index (χ2n) is 5.69. The van der Waals surface area contributed by atoms with E-state index in [4.69, 9.17) is 5.73 Å². The van der Waals surface area contributed by atoms with Crippen molar-refractivity contribution < 1.29 is 4.79 Å². The summed E-state index contributed by atoms with van der Waals surface area (Å²) in [6.07, 6.45) is 1.03. The number of carbonyl (C=O) groups is 1. The van der Waals surface area contributed by atoms with Gasteiger partial charge in [-0.25, -0.2) is 4.79 Å². The van der Waals surface area contributed by atoms with Gasteiger partial charge in [-0.2, -0.15) is 0 Å². The zero-order valence-corrected chi connectivity index (χ0v) is 12.5. The lowest BCUT2D eigenvalue weighted by Crippen LogP contribution is -2.36. The minimum Gasteiger partial charge on any atom is -0.324 e. The van der Waals surface area contributed by atoms with Gasteiger partial charge in [0, 0.05) is 30.9 Å².